The number of aryl methyl sites for hydroxylation is 1. The molecule has 2 aliphatic heterocycles. The Kier molecular flexibility index (Phi) is 9.58. The Morgan fingerprint density at radius 1 is 1.15 bits per heavy atom. The monoisotopic (exact) mass is 482 g/mol. The number of hydrogen-bond donors (Lipinski definition) is 2. The number of aliphatic carboxylic acids is 1. The number of rotatable bonds is 11. The zero-order valence-corrected chi connectivity index (χ0v) is 20.1. The lowest BCUT2D eigenvalue weighted by molar-refractivity contribution is -0.232. The topological polar surface area (TPSA) is 94.5 Å². The summed E-state index contributed by atoms with van der Waals surface area (Å²) in [4.78, 5) is 13.0. The molecule has 8 heteroatoms. The van der Waals surface area contributed by atoms with Crippen molar-refractivity contribution < 1.29 is 34.0 Å². The lowest BCUT2D eigenvalue weighted by Gasteiger charge is -2.37. The summed E-state index contributed by atoms with van der Waals surface area (Å²) in [6, 6.07) is 4.21. The van der Waals surface area contributed by atoms with Crippen molar-refractivity contribution in [1.29, 1.82) is 0 Å². The first-order valence-corrected chi connectivity index (χ1v) is 13.4. The van der Waals surface area contributed by atoms with Gasteiger partial charge in [-0.3, -0.25) is 4.79 Å². The molecule has 0 bridgehead atoms. The van der Waals surface area contributed by atoms with Crippen LogP contribution in [0.4, 0.5) is 0 Å². The second kappa shape index (κ2) is 12.6. The predicted octanol–water partition coefficient (Wildman–Crippen LogP) is 4.37. The molecule has 2 saturated heterocycles. The standard InChI is InChI=1S/C25H38O7S/c26-19-16-21(32-24-11-2-4-13-30-24)25(18(19)15-22(27)28)20(31-23-10-1-3-12-29-23)9-5-7-17-8-6-14-33-17/h6,8,14,18-21,23-26H,1-5,7,9-13,15-16H2,(H,27,28)/t18-,19-,20?,21+,23?,24?,25-/m1/s1. The van der Waals surface area contributed by atoms with Gasteiger partial charge in [0.2, 0.25) is 0 Å². The maximum absolute atomic E-state index is 11.7. The Labute approximate surface area is 200 Å². The van der Waals surface area contributed by atoms with Crippen LogP contribution in [0.15, 0.2) is 17.5 Å². The zero-order chi connectivity index (χ0) is 23.0. The maximum atomic E-state index is 11.7. The van der Waals surface area contributed by atoms with Gasteiger partial charge in [0.25, 0.3) is 0 Å². The van der Waals surface area contributed by atoms with Crippen LogP contribution in [-0.4, -0.2) is 60.3 Å². The summed E-state index contributed by atoms with van der Waals surface area (Å²) in [6.45, 7) is 1.37. The van der Waals surface area contributed by atoms with Crippen LogP contribution in [0, 0.1) is 11.8 Å². The Balaban J connectivity index is 1.50. The van der Waals surface area contributed by atoms with Gasteiger partial charge < -0.3 is 29.2 Å². The lowest BCUT2D eigenvalue weighted by atomic mass is 9.84. The molecule has 3 unspecified atom stereocenters. The molecular weight excluding hydrogens is 444 g/mol. The number of carbonyl (C=O) groups is 1. The molecule has 0 radical (unpaired) electrons. The second-order valence-electron chi connectivity index (χ2n) is 9.56. The molecule has 0 aromatic carbocycles. The van der Waals surface area contributed by atoms with Gasteiger partial charge >= 0.3 is 5.97 Å². The van der Waals surface area contributed by atoms with E-state index < -0.39 is 18.0 Å². The van der Waals surface area contributed by atoms with Gasteiger partial charge in [-0.1, -0.05) is 6.07 Å². The van der Waals surface area contributed by atoms with E-state index in [1.807, 2.05) is 0 Å². The van der Waals surface area contributed by atoms with Crippen LogP contribution in [0.1, 0.15) is 69.1 Å². The maximum Gasteiger partial charge on any atom is 0.303 e. The van der Waals surface area contributed by atoms with E-state index in [1.165, 1.54) is 4.88 Å². The quantitative estimate of drug-likeness (QED) is 0.484. The predicted molar refractivity (Wildman–Crippen MR) is 124 cm³/mol. The minimum Gasteiger partial charge on any atom is -0.481 e. The van der Waals surface area contributed by atoms with Crippen molar-refractivity contribution in [1.82, 2.24) is 0 Å². The summed E-state index contributed by atoms with van der Waals surface area (Å²) in [5.41, 5.74) is 0. The molecule has 1 aromatic rings. The summed E-state index contributed by atoms with van der Waals surface area (Å²) in [5, 5.41) is 22.5. The van der Waals surface area contributed by atoms with Crippen molar-refractivity contribution in [2.75, 3.05) is 13.2 Å². The van der Waals surface area contributed by atoms with Gasteiger partial charge in [0.1, 0.15) is 0 Å². The van der Waals surface area contributed by atoms with E-state index in [4.69, 9.17) is 18.9 Å². The third-order valence-corrected chi connectivity index (χ3v) is 8.09. The summed E-state index contributed by atoms with van der Waals surface area (Å²) in [7, 11) is 0. The smallest absolute Gasteiger partial charge is 0.303 e. The van der Waals surface area contributed by atoms with E-state index >= 15 is 0 Å². The molecule has 3 heterocycles. The average molecular weight is 483 g/mol. The molecule has 2 N–H and O–H groups in total. The lowest BCUT2D eigenvalue weighted by Crippen LogP contribution is -2.42. The fourth-order valence-electron chi connectivity index (χ4n) is 5.55. The number of thiophene rings is 1. The molecule has 186 valence electrons. The van der Waals surface area contributed by atoms with Crippen LogP contribution in [0.2, 0.25) is 0 Å². The van der Waals surface area contributed by atoms with Gasteiger partial charge in [-0.15, -0.1) is 11.3 Å². The molecule has 1 aromatic heterocycles. The van der Waals surface area contributed by atoms with E-state index in [-0.39, 0.29) is 37.1 Å². The van der Waals surface area contributed by atoms with Gasteiger partial charge in [0.15, 0.2) is 12.6 Å². The number of ether oxygens (including phenoxy) is 4. The molecule has 1 saturated carbocycles. The fraction of sp³-hybridized carbons (Fsp3) is 0.800. The normalized spacial score (nSPS) is 33.7. The average Bonchev–Trinajstić information content (AvgIpc) is 3.42. The van der Waals surface area contributed by atoms with E-state index in [9.17, 15) is 15.0 Å². The van der Waals surface area contributed by atoms with Crippen molar-refractivity contribution in [2.45, 2.75) is 102 Å². The number of aliphatic hydroxyl groups is 1. The Hall–Kier alpha value is -1.03. The largest absolute Gasteiger partial charge is 0.481 e. The highest BCUT2D eigenvalue weighted by Crippen LogP contribution is 2.43. The number of carboxylic acids is 1. The third kappa shape index (κ3) is 7.23. The minimum atomic E-state index is -0.898. The van der Waals surface area contributed by atoms with Crippen molar-refractivity contribution in [3.63, 3.8) is 0 Å². The molecule has 0 spiro atoms. The molecule has 0 amide bonds. The van der Waals surface area contributed by atoms with Gasteiger partial charge in [0, 0.05) is 36.3 Å². The fourth-order valence-corrected chi connectivity index (χ4v) is 6.30. The van der Waals surface area contributed by atoms with Crippen molar-refractivity contribution in [2.24, 2.45) is 11.8 Å². The first-order chi connectivity index (χ1) is 16.1. The van der Waals surface area contributed by atoms with E-state index in [2.05, 4.69) is 17.5 Å². The first-order valence-electron chi connectivity index (χ1n) is 12.6. The van der Waals surface area contributed by atoms with Crippen LogP contribution < -0.4 is 0 Å². The summed E-state index contributed by atoms with van der Waals surface area (Å²) in [6.07, 6.45) is 7.04. The Morgan fingerprint density at radius 3 is 2.55 bits per heavy atom. The van der Waals surface area contributed by atoms with Crippen molar-refractivity contribution >= 4 is 17.3 Å². The van der Waals surface area contributed by atoms with E-state index in [0.29, 0.717) is 19.6 Å². The summed E-state index contributed by atoms with van der Waals surface area (Å²) < 4.78 is 24.6. The van der Waals surface area contributed by atoms with Crippen molar-refractivity contribution in [3.8, 4) is 0 Å². The minimum absolute atomic E-state index is 0.0898. The molecule has 3 aliphatic rings. The van der Waals surface area contributed by atoms with E-state index in [0.717, 1.165) is 57.8 Å². The molecule has 7 nitrogen and oxygen atoms in total. The van der Waals surface area contributed by atoms with E-state index in [1.54, 1.807) is 11.3 Å². The third-order valence-electron chi connectivity index (χ3n) is 7.15. The Bertz CT molecular complexity index is 700. The van der Waals surface area contributed by atoms with Crippen LogP contribution in [0.3, 0.4) is 0 Å². The van der Waals surface area contributed by atoms with Gasteiger partial charge in [0.05, 0.1) is 24.7 Å². The van der Waals surface area contributed by atoms with Crippen LogP contribution in [0.25, 0.3) is 0 Å². The second-order valence-corrected chi connectivity index (χ2v) is 10.6. The zero-order valence-electron chi connectivity index (χ0n) is 19.3. The molecule has 1 aliphatic carbocycles. The molecule has 33 heavy (non-hydrogen) atoms. The highest BCUT2D eigenvalue weighted by molar-refractivity contribution is 7.09. The van der Waals surface area contributed by atoms with Gasteiger partial charge in [-0.2, -0.15) is 0 Å². The van der Waals surface area contributed by atoms with Gasteiger partial charge in [-0.25, -0.2) is 0 Å². The first kappa shape index (κ1) is 25.1. The summed E-state index contributed by atoms with van der Waals surface area (Å²) >= 11 is 1.75. The van der Waals surface area contributed by atoms with Crippen LogP contribution in [0.5, 0.6) is 0 Å². The molecule has 3 fully saturated rings. The van der Waals surface area contributed by atoms with Gasteiger partial charge in [-0.05, 0) is 69.2 Å². The molecular formula is C25H38O7S. The number of carboxylic acid groups (broad SMARTS) is 1. The van der Waals surface area contributed by atoms with Crippen molar-refractivity contribution in [3.05, 3.63) is 22.4 Å². The summed E-state index contributed by atoms with van der Waals surface area (Å²) in [5.74, 6) is -1.52. The highest BCUT2D eigenvalue weighted by Gasteiger charge is 2.49. The van der Waals surface area contributed by atoms with Crippen LogP contribution in [-0.2, 0) is 30.2 Å². The number of aliphatic hydroxyl groups excluding tert-OH is 1. The number of hydrogen-bond acceptors (Lipinski definition) is 7. The SMILES string of the molecule is O=C(O)C[C@H]1[C@H](C(CCCc2cccs2)OC2CCCCO2)[C@@H](OC2CCCCO2)C[C@H]1O. The highest BCUT2D eigenvalue weighted by atomic mass is 32.1. The van der Waals surface area contributed by atoms with Crippen LogP contribution >= 0.6 is 11.3 Å². The molecule has 4 rings (SSSR count). The Morgan fingerprint density at radius 2 is 1.91 bits per heavy atom. The molecule has 7 atom stereocenters.